The van der Waals surface area contributed by atoms with Crippen LogP contribution in [-0.2, 0) is 4.74 Å². The van der Waals surface area contributed by atoms with Gasteiger partial charge in [0.05, 0.1) is 18.1 Å². The predicted octanol–water partition coefficient (Wildman–Crippen LogP) is 1.23. The second kappa shape index (κ2) is 2.21. The fraction of sp³-hybridized carbons (Fsp3) is 1.00. The lowest BCUT2D eigenvalue weighted by atomic mass is 10.4. The highest BCUT2D eigenvalue weighted by atomic mass is 35.5. The van der Waals surface area contributed by atoms with Crippen LogP contribution < -0.4 is 0 Å². The smallest absolute Gasteiger partial charge is 0.0984 e. The van der Waals surface area contributed by atoms with E-state index in [1.807, 2.05) is 0 Å². The normalized spacial score (nSPS) is 32.6. The minimum atomic E-state index is 0.0293. The number of hydrogen-bond acceptors (Lipinski definition) is 1. The summed E-state index contributed by atoms with van der Waals surface area (Å²) in [5.74, 6) is 0.492. The molecule has 1 saturated heterocycles. The third-order valence-corrected chi connectivity index (χ3v) is 1.84. The van der Waals surface area contributed by atoms with E-state index >= 15 is 0 Å². The Hall–Kier alpha value is 0.540. The molecule has 1 heterocycles. The average molecular weight is 141 g/mol. The van der Waals surface area contributed by atoms with Gasteiger partial charge in [-0.3, -0.25) is 0 Å². The minimum absolute atomic E-state index is 0.0293. The Morgan fingerprint density at radius 1 is 1.86 bits per heavy atom. The molecule has 1 nitrogen and oxygen atoms in total. The highest BCUT2D eigenvalue weighted by molar-refractivity contribution is 6.28. The maximum absolute atomic E-state index is 5.61. The first-order valence-corrected chi connectivity index (χ1v) is 3.13. The molecule has 0 spiro atoms. The number of hydrogen-bond donors (Lipinski definition) is 0. The summed E-state index contributed by atoms with van der Waals surface area (Å²) >= 11 is 11.0. The molecule has 0 amide bonds. The fourth-order valence-corrected chi connectivity index (χ4v) is 0.708. The van der Waals surface area contributed by atoms with Crippen molar-refractivity contribution >= 4 is 23.2 Å². The van der Waals surface area contributed by atoms with Crippen molar-refractivity contribution < 1.29 is 4.74 Å². The van der Waals surface area contributed by atoms with E-state index in [2.05, 4.69) is 0 Å². The van der Waals surface area contributed by atoms with Crippen LogP contribution in [0.1, 0.15) is 0 Å². The lowest BCUT2D eigenvalue weighted by molar-refractivity contribution is 0.406. The molecule has 7 heavy (non-hydrogen) atoms. The molecule has 0 N–H and O–H groups in total. The second-order valence-electron chi connectivity index (χ2n) is 1.54. The van der Waals surface area contributed by atoms with E-state index in [9.17, 15) is 0 Å². The van der Waals surface area contributed by atoms with Crippen molar-refractivity contribution in [1.82, 2.24) is 0 Å². The van der Waals surface area contributed by atoms with Crippen LogP contribution in [0.3, 0.4) is 0 Å². The molecular formula is C4H6Cl2O. The van der Waals surface area contributed by atoms with Gasteiger partial charge >= 0.3 is 0 Å². The van der Waals surface area contributed by atoms with Crippen LogP contribution in [0, 0.1) is 0 Å². The molecular weight excluding hydrogens is 135 g/mol. The molecule has 0 radical (unpaired) electrons. The molecule has 1 aliphatic heterocycles. The first-order chi connectivity index (χ1) is 3.34. The molecule has 0 aromatic rings. The summed E-state index contributed by atoms with van der Waals surface area (Å²) in [7, 11) is 0. The molecule has 0 saturated carbocycles. The molecule has 1 rings (SSSR count). The van der Waals surface area contributed by atoms with E-state index in [-0.39, 0.29) is 11.5 Å². The van der Waals surface area contributed by atoms with Gasteiger partial charge in [-0.15, -0.1) is 23.2 Å². The van der Waals surface area contributed by atoms with Gasteiger partial charge in [-0.1, -0.05) is 0 Å². The predicted molar refractivity (Wildman–Crippen MR) is 30.1 cm³/mol. The van der Waals surface area contributed by atoms with Gasteiger partial charge in [0.15, 0.2) is 0 Å². The number of alkyl halides is 2. The molecule has 1 aliphatic rings. The van der Waals surface area contributed by atoms with Gasteiger partial charge < -0.3 is 4.74 Å². The summed E-state index contributed by atoms with van der Waals surface area (Å²) in [6.45, 7) is 0.793. The van der Waals surface area contributed by atoms with Crippen molar-refractivity contribution in [2.24, 2.45) is 0 Å². The highest BCUT2D eigenvalue weighted by Crippen LogP contribution is 2.19. The Kier molecular flexibility index (Phi) is 1.79. The minimum Gasteiger partial charge on any atom is -0.371 e. The third kappa shape index (κ3) is 1.48. The first-order valence-electron chi connectivity index (χ1n) is 2.16. The largest absolute Gasteiger partial charge is 0.371 e. The van der Waals surface area contributed by atoms with Gasteiger partial charge in [0.1, 0.15) is 0 Å². The van der Waals surface area contributed by atoms with Crippen LogP contribution in [0.15, 0.2) is 0 Å². The summed E-state index contributed by atoms with van der Waals surface area (Å²) < 4.78 is 4.84. The Morgan fingerprint density at radius 2 is 2.43 bits per heavy atom. The number of epoxide rings is 1. The van der Waals surface area contributed by atoms with Gasteiger partial charge in [0.2, 0.25) is 0 Å². The maximum atomic E-state index is 5.61. The molecule has 42 valence electrons. The van der Waals surface area contributed by atoms with Gasteiger partial charge in [0.25, 0.3) is 0 Å². The quantitative estimate of drug-likeness (QED) is 0.416. The van der Waals surface area contributed by atoms with Gasteiger partial charge in [-0.25, -0.2) is 0 Å². The SMILES string of the molecule is ClC[C@H](Cl)[C@H]1CO1. The molecule has 0 aromatic heterocycles. The zero-order valence-electron chi connectivity index (χ0n) is 3.73. The number of rotatable bonds is 2. The van der Waals surface area contributed by atoms with Crippen LogP contribution in [-0.4, -0.2) is 24.0 Å². The van der Waals surface area contributed by atoms with Gasteiger partial charge in [0, 0.05) is 5.88 Å². The van der Waals surface area contributed by atoms with Crippen LogP contribution in [0.25, 0.3) is 0 Å². The van der Waals surface area contributed by atoms with E-state index < -0.39 is 0 Å². The van der Waals surface area contributed by atoms with Crippen LogP contribution in [0.2, 0.25) is 0 Å². The van der Waals surface area contributed by atoms with E-state index in [1.165, 1.54) is 0 Å². The average Bonchev–Trinajstić information content (AvgIpc) is 2.44. The van der Waals surface area contributed by atoms with Crippen molar-refractivity contribution in [3.05, 3.63) is 0 Å². The molecule has 1 fully saturated rings. The van der Waals surface area contributed by atoms with E-state index in [0.29, 0.717) is 5.88 Å². The summed E-state index contributed by atoms with van der Waals surface area (Å²) in [4.78, 5) is 0. The molecule has 3 heteroatoms. The lowest BCUT2D eigenvalue weighted by Crippen LogP contribution is -2.07. The molecule has 0 aromatic carbocycles. The van der Waals surface area contributed by atoms with E-state index in [0.717, 1.165) is 6.61 Å². The fourth-order valence-electron chi connectivity index (χ4n) is 0.364. The first kappa shape index (κ1) is 5.67. The van der Waals surface area contributed by atoms with Crippen molar-refractivity contribution in [3.8, 4) is 0 Å². The molecule has 0 aliphatic carbocycles. The summed E-state index contributed by atoms with van der Waals surface area (Å²) in [6, 6.07) is 0. The Bertz CT molecular complexity index is 62.7. The monoisotopic (exact) mass is 140 g/mol. The molecule has 2 atom stereocenters. The van der Waals surface area contributed by atoms with E-state index in [1.54, 1.807) is 0 Å². The van der Waals surface area contributed by atoms with E-state index in [4.69, 9.17) is 27.9 Å². The van der Waals surface area contributed by atoms with Crippen LogP contribution >= 0.6 is 23.2 Å². The zero-order chi connectivity index (χ0) is 5.28. The Balaban J connectivity index is 2.10. The van der Waals surface area contributed by atoms with Crippen molar-refractivity contribution in [3.63, 3.8) is 0 Å². The number of ether oxygens (including phenoxy) is 1. The molecule has 0 bridgehead atoms. The second-order valence-corrected chi connectivity index (χ2v) is 2.41. The number of halogens is 2. The van der Waals surface area contributed by atoms with Gasteiger partial charge in [-0.05, 0) is 0 Å². The molecule has 0 unspecified atom stereocenters. The Labute approximate surface area is 52.5 Å². The van der Waals surface area contributed by atoms with Gasteiger partial charge in [-0.2, -0.15) is 0 Å². The summed E-state index contributed by atoms with van der Waals surface area (Å²) in [5, 5.41) is 0.0293. The Morgan fingerprint density at radius 3 is 2.57 bits per heavy atom. The lowest BCUT2D eigenvalue weighted by Gasteiger charge is -1.94. The summed E-state index contributed by atoms with van der Waals surface area (Å²) in [6.07, 6.45) is 0.249. The zero-order valence-corrected chi connectivity index (χ0v) is 5.24. The van der Waals surface area contributed by atoms with Crippen LogP contribution in [0.5, 0.6) is 0 Å². The summed E-state index contributed by atoms with van der Waals surface area (Å²) in [5.41, 5.74) is 0. The maximum Gasteiger partial charge on any atom is 0.0984 e. The third-order valence-electron chi connectivity index (χ3n) is 0.910. The highest BCUT2D eigenvalue weighted by Gasteiger charge is 2.30. The topological polar surface area (TPSA) is 12.5 Å². The van der Waals surface area contributed by atoms with Crippen molar-refractivity contribution in [2.45, 2.75) is 11.5 Å². The van der Waals surface area contributed by atoms with Crippen molar-refractivity contribution in [1.29, 1.82) is 0 Å². The van der Waals surface area contributed by atoms with Crippen molar-refractivity contribution in [2.75, 3.05) is 12.5 Å². The van der Waals surface area contributed by atoms with Crippen LogP contribution in [0.4, 0.5) is 0 Å². The standard InChI is InChI=1S/C4H6Cl2O/c5-1-3(6)4-2-7-4/h3-4H,1-2H2/t3-,4+/m0/s1.